The number of aryl methyl sites for hydroxylation is 1. The van der Waals surface area contributed by atoms with E-state index in [1.54, 1.807) is 25.5 Å². The van der Waals surface area contributed by atoms with Crippen LogP contribution < -0.4 is 30.6 Å². The molecule has 9 aromatic rings. The second kappa shape index (κ2) is 22.0. The van der Waals surface area contributed by atoms with Crippen molar-refractivity contribution in [3.05, 3.63) is 118 Å². The molecule has 5 aliphatic rings. The molecule has 9 heterocycles. The SMILES string of the molecule is CCn1nccc1-c1ccc([C@H](CO)NC(=O)[C@@H]2C[C@@H](O)CN2C(=O)C(C(C)C)n2cc3c(n2)c(=O)[nH]c2cc(COc4c(-c5c(C)c(F)cc6[nH]ncc56)c(C5CC5)cc5c(N6C[C@@H]7C[C@H]6CN7)nc(OC6CCOCC6)nc45)ccc23)cc1. The number of aliphatic hydroxyl groups is 2. The van der Waals surface area contributed by atoms with Gasteiger partial charge in [-0.25, -0.2) is 4.39 Å². The van der Waals surface area contributed by atoms with E-state index in [-0.39, 0.29) is 60.9 Å². The topological polar surface area (TPSA) is 256 Å². The third-order valence-electron chi connectivity index (χ3n) is 18.0. The minimum Gasteiger partial charge on any atom is -0.486 e. The van der Waals surface area contributed by atoms with E-state index >= 15 is 4.39 Å². The first-order valence-corrected chi connectivity index (χ1v) is 29.7. The lowest BCUT2D eigenvalue weighted by atomic mass is 9.88. The molecule has 440 valence electrons. The van der Waals surface area contributed by atoms with Crippen molar-refractivity contribution >= 4 is 61.2 Å². The number of carbonyl (C=O) groups excluding carboxylic acids is 2. The third-order valence-corrected chi connectivity index (χ3v) is 18.0. The van der Waals surface area contributed by atoms with E-state index in [1.807, 2.05) is 74.0 Å². The predicted molar refractivity (Wildman–Crippen MR) is 317 cm³/mol. The van der Waals surface area contributed by atoms with Gasteiger partial charge in [0.1, 0.15) is 41.9 Å². The summed E-state index contributed by atoms with van der Waals surface area (Å²) in [5.41, 5.74) is 7.42. The number of likely N-dealkylation sites (tertiary alicyclic amines) is 1. The molecule has 1 unspecified atom stereocenters. The van der Waals surface area contributed by atoms with E-state index in [0.29, 0.717) is 88.4 Å². The number of carbonyl (C=O) groups is 2. The van der Waals surface area contributed by atoms with Crippen molar-refractivity contribution in [1.29, 1.82) is 0 Å². The molecular formula is C63H68FN13O8. The molecule has 6 N–H and O–H groups in total. The molecule has 2 bridgehead atoms. The summed E-state index contributed by atoms with van der Waals surface area (Å²) < 4.78 is 39.2. The number of aromatic nitrogens is 9. The Morgan fingerprint density at radius 3 is 2.49 bits per heavy atom. The van der Waals surface area contributed by atoms with E-state index in [2.05, 4.69) is 41.9 Å². The number of nitrogens with one attached hydrogen (secondary N) is 4. The van der Waals surface area contributed by atoms with Crippen LogP contribution in [0.25, 0.3) is 66.0 Å². The van der Waals surface area contributed by atoms with Gasteiger partial charge in [-0.15, -0.1) is 0 Å². The maximum absolute atomic E-state index is 16.3. The van der Waals surface area contributed by atoms with Gasteiger partial charge in [-0.05, 0) is 97.0 Å². The Kier molecular flexibility index (Phi) is 14.1. The Morgan fingerprint density at radius 2 is 1.75 bits per heavy atom. The number of nitrogens with zero attached hydrogens (tertiary/aromatic N) is 9. The van der Waals surface area contributed by atoms with Gasteiger partial charge < -0.3 is 49.8 Å². The average Bonchev–Trinajstić information content (AvgIpc) is 2.09. The number of H-pyrrole nitrogens is 2. The lowest BCUT2D eigenvalue weighted by molar-refractivity contribution is -0.142. The summed E-state index contributed by atoms with van der Waals surface area (Å²) in [5.74, 6) is -0.272. The fourth-order valence-corrected chi connectivity index (χ4v) is 13.5. The van der Waals surface area contributed by atoms with E-state index in [4.69, 9.17) is 29.3 Å². The molecule has 22 heteroatoms. The van der Waals surface area contributed by atoms with Crippen LogP contribution in [-0.4, -0.2) is 141 Å². The zero-order chi connectivity index (χ0) is 58.4. The molecule has 85 heavy (non-hydrogen) atoms. The number of anilines is 1. The van der Waals surface area contributed by atoms with Crippen LogP contribution >= 0.6 is 0 Å². The fourth-order valence-electron chi connectivity index (χ4n) is 13.5. The number of hydrogen-bond acceptors (Lipinski definition) is 15. The number of β-amino-alcohol motifs (C(OH)–C–C–N with tert-alkyl or cyclic N) is 1. The number of halogens is 1. The van der Waals surface area contributed by atoms with Gasteiger partial charge in [-0.2, -0.15) is 25.3 Å². The summed E-state index contributed by atoms with van der Waals surface area (Å²) in [6, 6.07) is 16.8. The van der Waals surface area contributed by atoms with E-state index < -0.39 is 48.2 Å². The van der Waals surface area contributed by atoms with Crippen molar-refractivity contribution in [2.24, 2.45) is 5.92 Å². The summed E-state index contributed by atoms with van der Waals surface area (Å²) in [4.78, 5) is 60.5. The Bertz CT molecular complexity index is 4130. The molecule has 21 nitrogen and oxygen atoms in total. The van der Waals surface area contributed by atoms with Gasteiger partial charge in [0.05, 0.1) is 49.4 Å². The maximum atomic E-state index is 16.3. The molecule has 1 aliphatic carbocycles. The fraction of sp³-hybridized carbons (Fsp3) is 0.429. The zero-order valence-electron chi connectivity index (χ0n) is 47.8. The number of fused-ring (bicyclic) bond motifs is 7. The minimum atomic E-state index is -1.04. The average molecular weight is 1150 g/mol. The minimum absolute atomic E-state index is 0.00172. The number of amides is 2. The number of aromatic amines is 2. The molecule has 4 aromatic carbocycles. The number of aliphatic hydroxyl groups excluding tert-OH is 2. The Balaban J connectivity index is 0.793. The van der Waals surface area contributed by atoms with Crippen LogP contribution in [0.4, 0.5) is 10.2 Å². The highest BCUT2D eigenvalue weighted by Crippen LogP contribution is 2.54. The van der Waals surface area contributed by atoms with Crippen LogP contribution in [0.1, 0.15) is 99.6 Å². The lowest BCUT2D eigenvalue weighted by Gasteiger charge is -2.31. The van der Waals surface area contributed by atoms with Gasteiger partial charge >= 0.3 is 6.01 Å². The van der Waals surface area contributed by atoms with Crippen molar-refractivity contribution in [3.8, 4) is 34.1 Å². The molecular weight excluding hydrogens is 1090 g/mol. The Labute approximate surface area is 487 Å². The van der Waals surface area contributed by atoms with Gasteiger partial charge in [0.25, 0.3) is 5.56 Å². The van der Waals surface area contributed by atoms with Crippen molar-refractivity contribution in [1.82, 2.24) is 60.2 Å². The molecule has 4 saturated heterocycles. The lowest BCUT2D eigenvalue weighted by Crippen LogP contribution is -2.50. The van der Waals surface area contributed by atoms with Crippen molar-refractivity contribution in [3.63, 3.8) is 0 Å². The molecule has 1 saturated carbocycles. The van der Waals surface area contributed by atoms with E-state index in [1.165, 1.54) is 15.6 Å². The highest BCUT2D eigenvalue weighted by Gasteiger charge is 2.44. The third kappa shape index (κ3) is 9.91. The monoisotopic (exact) mass is 1150 g/mol. The first-order valence-electron chi connectivity index (χ1n) is 29.7. The summed E-state index contributed by atoms with van der Waals surface area (Å²) in [7, 11) is 0. The van der Waals surface area contributed by atoms with Crippen LogP contribution in [0.15, 0.2) is 84.0 Å². The maximum Gasteiger partial charge on any atom is 0.319 e. The number of hydrogen-bond donors (Lipinski definition) is 6. The smallest absolute Gasteiger partial charge is 0.319 e. The highest BCUT2D eigenvalue weighted by molar-refractivity contribution is 6.07. The van der Waals surface area contributed by atoms with Gasteiger partial charge in [0, 0.05) is 108 Å². The summed E-state index contributed by atoms with van der Waals surface area (Å²) >= 11 is 0. The number of ether oxygens (including phenoxy) is 3. The number of pyridine rings is 1. The first-order chi connectivity index (χ1) is 41.3. The van der Waals surface area contributed by atoms with Crippen molar-refractivity contribution < 1.29 is 38.4 Å². The largest absolute Gasteiger partial charge is 0.486 e. The summed E-state index contributed by atoms with van der Waals surface area (Å²) in [5, 5.41) is 47.4. The van der Waals surface area contributed by atoms with Crippen LogP contribution in [-0.2, 0) is 27.5 Å². The molecule has 2 amide bonds. The first kappa shape index (κ1) is 54.6. The second-order valence-electron chi connectivity index (χ2n) is 23.9. The van der Waals surface area contributed by atoms with Crippen LogP contribution in [0.3, 0.4) is 0 Å². The number of piperazine rings is 1. The molecule has 0 spiro atoms. The van der Waals surface area contributed by atoms with Crippen molar-refractivity contribution in [2.75, 3.05) is 44.4 Å². The zero-order valence-corrected chi connectivity index (χ0v) is 47.8. The van der Waals surface area contributed by atoms with Crippen LogP contribution in [0.2, 0.25) is 0 Å². The van der Waals surface area contributed by atoms with Gasteiger partial charge in [-0.1, -0.05) is 50.2 Å². The molecule has 6 atom stereocenters. The van der Waals surface area contributed by atoms with Gasteiger partial charge in [-0.3, -0.25) is 28.8 Å². The molecule has 5 fully saturated rings. The molecule has 4 aliphatic heterocycles. The van der Waals surface area contributed by atoms with Crippen molar-refractivity contribution in [2.45, 2.75) is 128 Å². The van der Waals surface area contributed by atoms with Gasteiger partial charge in [0.2, 0.25) is 11.8 Å². The molecule has 0 radical (unpaired) electrons. The summed E-state index contributed by atoms with van der Waals surface area (Å²) in [6.07, 6.45) is 8.34. The van der Waals surface area contributed by atoms with E-state index in [9.17, 15) is 24.6 Å². The Hall–Kier alpha value is -8.31. The van der Waals surface area contributed by atoms with E-state index in [0.717, 1.165) is 76.9 Å². The van der Waals surface area contributed by atoms with Gasteiger partial charge in [0.15, 0.2) is 11.3 Å². The highest BCUT2D eigenvalue weighted by atomic mass is 19.1. The standard InChI is InChI=1S/C63H68FN13O8/c1-5-76-51(14-17-67-76)37-11-9-36(10-12-37)50(30-78)69-60(80)52-22-40(79)28-75(52)62(82)57(32(2)3)77-29-46-42-13-6-34(20-48(42)68-61(81)56(46)73-77)31-84-58-54(53-33(4)47(64)24-49-45(53)26-66-72-49)43(35-7-8-35)23-44-55(58)70-63(85-41-15-18-83-19-16-41)71-59(44)74-27-38-21-39(74)25-65-38/h6,9-14,17,20,23-24,26,29,32,35,38-41,50,52,57,65,78-79H,5,7-8,15-16,18-19,21-22,25,27-28,30-31H2,1-4H3,(H,66,72)(H,68,81)(H,69,80)/t38-,39-,40+,50-,52-,57?/m0/s1. The Morgan fingerprint density at radius 1 is 0.929 bits per heavy atom. The quantitative estimate of drug-likeness (QED) is 0.0524. The number of rotatable bonds is 17. The molecule has 14 rings (SSSR count). The normalized spacial score (nSPS) is 20.7. The summed E-state index contributed by atoms with van der Waals surface area (Å²) in [6.45, 7) is 10.5. The predicted octanol–water partition coefficient (Wildman–Crippen LogP) is 7.27. The van der Waals surface area contributed by atoms with Crippen LogP contribution in [0, 0.1) is 18.7 Å². The van der Waals surface area contributed by atoms with Crippen LogP contribution in [0.5, 0.6) is 11.8 Å². The second-order valence-corrected chi connectivity index (χ2v) is 23.9. The number of benzene rings is 4. The molecule has 5 aromatic heterocycles.